The zero-order chi connectivity index (χ0) is 12.3. The fourth-order valence-electron chi connectivity index (χ4n) is 1.14. The molecule has 1 heterocycles. The van der Waals surface area contributed by atoms with Crippen molar-refractivity contribution in [3.8, 4) is 0 Å². The molecule has 1 unspecified atom stereocenters. The normalized spacial score (nSPS) is 13.7. The van der Waals surface area contributed by atoms with Gasteiger partial charge >= 0.3 is 0 Å². The SMILES string of the molecule is CCC(C)S(=O)(=O)CC(=O)c1sccc1Br. The molecule has 1 aromatic heterocycles. The van der Waals surface area contributed by atoms with Crippen LogP contribution in [0.15, 0.2) is 15.9 Å². The van der Waals surface area contributed by atoms with E-state index in [-0.39, 0.29) is 5.78 Å². The molecule has 0 fully saturated rings. The second kappa shape index (κ2) is 5.42. The number of thiophene rings is 1. The van der Waals surface area contributed by atoms with Crippen LogP contribution in [0.5, 0.6) is 0 Å². The van der Waals surface area contributed by atoms with Crippen LogP contribution >= 0.6 is 27.3 Å². The summed E-state index contributed by atoms with van der Waals surface area (Å²) in [6.45, 7) is 3.43. The Morgan fingerprint density at radius 1 is 1.56 bits per heavy atom. The van der Waals surface area contributed by atoms with Crippen LogP contribution in [-0.2, 0) is 9.84 Å². The molecule has 1 rings (SSSR count). The molecule has 0 saturated carbocycles. The van der Waals surface area contributed by atoms with Crippen molar-refractivity contribution in [2.75, 3.05) is 5.75 Å². The maximum atomic E-state index is 11.8. The summed E-state index contributed by atoms with van der Waals surface area (Å²) >= 11 is 4.48. The molecular formula is C10H13BrO3S2. The number of hydrogen-bond acceptors (Lipinski definition) is 4. The largest absolute Gasteiger partial charge is 0.292 e. The standard InChI is InChI=1S/C10H13BrO3S2/c1-3-7(2)16(13,14)6-9(12)10-8(11)4-5-15-10/h4-5,7H,3,6H2,1-2H3. The number of rotatable bonds is 5. The number of sulfone groups is 1. The van der Waals surface area contributed by atoms with E-state index in [1.54, 1.807) is 25.3 Å². The zero-order valence-electron chi connectivity index (χ0n) is 9.07. The van der Waals surface area contributed by atoms with Gasteiger partial charge in [0.25, 0.3) is 0 Å². The second-order valence-corrected chi connectivity index (χ2v) is 7.74. The van der Waals surface area contributed by atoms with Crippen molar-refractivity contribution < 1.29 is 13.2 Å². The van der Waals surface area contributed by atoms with Gasteiger partial charge in [0.1, 0.15) is 5.75 Å². The van der Waals surface area contributed by atoms with Gasteiger partial charge in [-0.1, -0.05) is 6.92 Å². The molecule has 3 nitrogen and oxygen atoms in total. The van der Waals surface area contributed by atoms with E-state index < -0.39 is 20.8 Å². The Hall–Kier alpha value is -0.200. The van der Waals surface area contributed by atoms with Crippen LogP contribution in [0.4, 0.5) is 0 Å². The Kier molecular flexibility index (Phi) is 4.70. The van der Waals surface area contributed by atoms with Crippen LogP contribution in [0, 0.1) is 0 Å². The molecule has 0 bridgehead atoms. The summed E-state index contributed by atoms with van der Waals surface area (Å²) in [6.07, 6.45) is 0.529. The molecule has 0 aliphatic heterocycles. The quantitative estimate of drug-likeness (QED) is 0.782. The van der Waals surface area contributed by atoms with Crippen molar-refractivity contribution in [2.24, 2.45) is 0 Å². The van der Waals surface area contributed by atoms with Crippen molar-refractivity contribution >= 4 is 42.9 Å². The summed E-state index contributed by atoms with van der Waals surface area (Å²) in [6, 6.07) is 1.74. The zero-order valence-corrected chi connectivity index (χ0v) is 12.3. The molecule has 90 valence electrons. The van der Waals surface area contributed by atoms with Gasteiger partial charge in [0.15, 0.2) is 15.6 Å². The minimum Gasteiger partial charge on any atom is -0.292 e. The van der Waals surface area contributed by atoms with Crippen LogP contribution in [-0.4, -0.2) is 25.2 Å². The third-order valence-corrected chi connectivity index (χ3v) is 6.49. The smallest absolute Gasteiger partial charge is 0.188 e. The maximum Gasteiger partial charge on any atom is 0.188 e. The lowest BCUT2D eigenvalue weighted by atomic mass is 10.3. The highest BCUT2D eigenvalue weighted by Crippen LogP contribution is 2.24. The number of Topliss-reactive ketones (excluding diaryl/α,β-unsaturated/α-hetero) is 1. The van der Waals surface area contributed by atoms with Crippen LogP contribution in [0.25, 0.3) is 0 Å². The van der Waals surface area contributed by atoms with Gasteiger partial charge in [-0.25, -0.2) is 8.42 Å². The number of hydrogen-bond donors (Lipinski definition) is 0. The number of carbonyl (C=O) groups is 1. The summed E-state index contributed by atoms with van der Waals surface area (Å²) in [4.78, 5) is 12.2. The fourth-order valence-corrected chi connectivity index (χ4v) is 4.06. The Labute approximate surface area is 108 Å². The van der Waals surface area contributed by atoms with E-state index in [1.807, 2.05) is 0 Å². The van der Waals surface area contributed by atoms with Gasteiger partial charge in [-0.05, 0) is 40.7 Å². The van der Waals surface area contributed by atoms with Crippen LogP contribution in [0.2, 0.25) is 0 Å². The van der Waals surface area contributed by atoms with Crippen molar-refractivity contribution in [1.29, 1.82) is 0 Å². The third-order valence-electron chi connectivity index (χ3n) is 2.39. The van der Waals surface area contributed by atoms with Gasteiger partial charge in [0, 0.05) is 4.47 Å². The van der Waals surface area contributed by atoms with Crippen molar-refractivity contribution in [3.63, 3.8) is 0 Å². The van der Waals surface area contributed by atoms with Crippen LogP contribution < -0.4 is 0 Å². The first-order valence-electron chi connectivity index (χ1n) is 4.86. The topological polar surface area (TPSA) is 51.2 Å². The summed E-state index contributed by atoms with van der Waals surface area (Å²) in [5.41, 5.74) is 0. The summed E-state index contributed by atoms with van der Waals surface area (Å²) in [5, 5.41) is 1.29. The molecule has 0 aliphatic carbocycles. The van der Waals surface area contributed by atoms with Gasteiger partial charge in [-0.3, -0.25) is 4.79 Å². The van der Waals surface area contributed by atoms with E-state index in [2.05, 4.69) is 15.9 Å². The average molecular weight is 325 g/mol. The minimum absolute atomic E-state index is 0.331. The highest BCUT2D eigenvalue weighted by atomic mass is 79.9. The number of carbonyl (C=O) groups excluding carboxylic acids is 1. The third kappa shape index (κ3) is 3.15. The van der Waals surface area contributed by atoms with Crippen LogP contribution in [0.1, 0.15) is 29.9 Å². The summed E-state index contributed by atoms with van der Waals surface area (Å²) < 4.78 is 24.2. The van der Waals surface area contributed by atoms with E-state index >= 15 is 0 Å². The molecule has 1 atom stereocenters. The number of halogens is 1. The van der Waals surface area contributed by atoms with Crippen LogP contribution in [0.3, 0.4) is 0 Å². The predicted molar refractivity (Wildman–Crippen MR) is 69.9 cm³/mol. The lowest BCUT2D eigenvalue weighted by molar-refractivity contribution is 0.102. The van der Waals surface area contributed by atoms with E-state index in [1.165, 1.54) is 11.3 Å². The highest BCUT2D eigenvalue weighted by Gasteiger charge is 2.25. The first-order valence-corrected chi connectivity index (χ1v) is 8.25. The van der Waals surface area contributed by atoms with Gasteiger partial charge in [0.2, 0.25) is 0 Å². The molecule has 0 N–H and O–H groups in total. The number of ketones is 1. The van der Waals surface area contributed by atoms with Crippen molar-refractivity contribution in [3.05, 3.63) is 20.8 Å². The van der Waals surface area contributed by atoms with E-state index in [9.17, 15) is 13.2 Å². The maximum absolute atomic E-state index is 11.8. The fraction of sp³-hybridized carbons (Fsp3) is 0.500. The Balaban J connectivity index is 2.84. The van der Waals surface area contributed by atoms with E-state index in [0.717, 1.165) is 0 Å². The molecule has 0 aromatic carbocycles. The van der Waals surface area contributed by atoms with Crippen molar-refractivity contribution in [2.45, 2.75) is 25.5 Å². The molecular weight excluding hydrogens is 312 g/mol. The van der Waals surface area contributed by atoms with E-state index in [4.69, 9.17) is 0 Å². The molecule has 16 heavy (non-hydrogen) atoms. The first kappa shape index (κ1) is 13.9. The molecule has 0 spiro atoms. The Morgan fingerprint density at radius 2 is 2.19 bits per heavy atom. The molecule has 6 heteroatoms. The lowest BCUT2D eigenvalue weighted by Crippen LogP contribution is -2.25. The Morgan fingerprint density at radius 3 is 2.62 bits per heavy atom. The highest BCUT2D eigenvalue weighted by molar-refractivity contribution is 9.10. The van der Waals surface area contributed by atoms with Gasteiger partial charge in [-0.15, -0.1) is 11.3 Å². The molecule has 0 amide bonds. The minimum atomic E-state index is -3.32. The van der Waals surface area contributed by atoms with Crippen molar-refractivity contribution in [1.82, 2.24) is 0 Å². The predicted octanol–water partition coefficient (Wildman–Crippen LogP) is 2.91. The molecule has 1 aromatic rings. The van der Waals surface area contributed by atoms with Gasteiger partial charge in [0.05, 0.1) is 10.1 Å². The lowest BCUT2D eigenvalue weighted by Gasteiger charge is -2.09. The molecule has 0 aliphatic rings. The summed E-state index contributed by atoms with van der Waals surface area (Å²) in [5.74, 6) is -0.733. The Bertz CT molecular complexity index is 476. The summed E-state index contributed by atoms with van der Waals surface area (Å²) in [7, 11) is -3.32. The van der Waals surface area contributed by atoms with Gasteiger partial charge in [-0.2, -0.15) is 0 Å². The molecule has 0 radical (unpaired) electrons. The van der Waals surface area contributed by atoms with Gasteiger partial charge < -0.3 is 0 Å². The monoisotopic (exact) mass is 324 g/mol. The second-order valence-electron chi connectivity index (χ2n) is 3.55. The first-order chi connectivity index (χ1) is 7.38. The average Bonchev–Trinajstić information content (AvgIpc) is 2.62. The molecule has 0 saturated heterocycles. The van der Waals surface area contributed by atoms with E-state index in [0.29, 0.717) is 15.8 Å².